The molecular weight excluding hydrogens is 334 g/mol. The molecule has 1 aromatic heterocycles. The van der Waals surface area contributed by atoms with E-state index in [-0.39, 0.29) is 23.6 Å². The van der Waals surface area contributed by atoms with E-state index in [2.05, 4.69) is 10.5 Å². The maximum absolute atomic E-state index is 12.5. The minimum atomic E-state index is -0.260. The Bertz CT molecular complexity index is 779. The summed E-state index contributed by atoms with van der Waals surface area (Å²) in [6.07, 6.45) is 1.76. The Hall–Kier alpha value is -2.83. The first-order chi connectivity index (χ1) is 12.6. The van der Waals surface area contributed by atoms with E-state index >= 15 is 0 Å². The first-order valence-corrected chi connectivity index (χ1v) is 8.70. The fraction of sp³-hybridized carbons (Fsp3) is 0.421. The van der Waals surface area contributed by atoms with Gasteiger partial charge in [0.1, 0.15) is 5.75 Å². The van der Waals surface area contributed by atoms with Crippen LogP contribution in [0, 0.1) is 6.92 Å². The number of hydrogen-bond acceptors (Lipinski definition) is 5. The summed E-state index contributed by atoms with van der Waals surface area (Å²) in [4.78, 5) is 26.5. The fourth-order valence-electron chi connectivity index (χ4n) is 3.12. The molecule has 1 aromatic carbocycles. The Labute approximate surface area is 152 Å². The summed E-state index contributed by atoms with van der Waals surface area (Å²) in [7, 11) is 1.60. The van der Waals surface area contributed by atoms with E-state index in [9.17, 15) is 9.59 Å². The lowest BCUT2D eigenvalue weighted by Gasteiger charge is -2.32. The number of methoxy groups -OCH3 is 1. The van der Waals surface area contributed by atoms with Gasteiger partial charge in [-0.15, -0.1) is 0 Å². The molecule has 138 valence electrons. The molecule has 7 heteroatoms. The predicted molar refractivity (Wildman–Crippen MR) is 95.0 cm³/mol. The van der Waals surface area contributed by atoms with Gasteiger partial charge in [0.25, 0.3) is 5.91 Å². The summed E-state index contributed by atoms with van der Waals surface area (Å²) in [5.41, 5.74) is 1.56. The van der Waals surface area contributed by atoms with Gasteiger partial charge in [0.05, 0.1) is 19.2 Å². The Morgan fingerprint density at radius 2 is 2.04 bits per heavy atom. The Morgan fingerprint density at radius 1 is 1.31 bits per heavy atom. The first kappa shape index (κ1) is 18.0. The molecule has 3 rings (SSSR count). The molecule has 1 aliphatic rings. The second-order valence-electron chi connectivity index (χ2n) is 6.45. The predicted octanol–water partition coefficient (Wildman–Crippen LogP) is 1.96. The molecule has 1 N–H and O–H groups in total. The van der Waals surface area contributed by atoms with E-state index in [1.807, 2.05) is 29.2 Å². The van der Waals surface area contributed by atoms with Gasteiger partial charge < -0.3 is 19.5 Å². The molecule has 0 aliphatic carbocycles. The van der Waals surface area contributed by atoms with Crippen molar-refractivity contribution in [1.29, 1.82) is 0 Å². The molecule has 0 saturated carbocycles. The molecule has 2 aromatic rings. The van der Waals surface area contributed by atoms with Crippen LogP contribution in [0.1, 0.15) is 34.7 Å². The van der Waals surface area contributed by atoms with Gasteiger partial charge in [0.15, 0.2) is 0 Å². The monoisotopic (exact) mass is 357 g/mol. The summed E-state index contributed by atoms with van der Waals surface area (Å²) >= 11 is 0. The molecule has 1 fully saturated rings. The second kappa shape index (κ2) is 8.03. The largest absolute Gasteiger partial charge is 0.496 e. The molecule has 1 aliphatic heterocycles. The average Bonchev–Trinajstić information content (AvgIpc) is 3.09. The van der Waals surface area contributed by atoms with Crippen LogP contribution in [0.5, 0.6) is 5.75 Å². The molecule has 2 heterocycles. The highest BCUT2D eigenvalue weighted by molar-refractivity contribution is 5.91. The summed E-state index contributed by atoms with van der Waals surface area (Å²) in [5.74, 6) is 0.761. The topological polar surface area (TPSA) is 84.7 Å². The van der Waals surface area contributed by atoms with Gasteiger partial charge in [-0.05, 0) is 25.8 Å². The third kappa shape index (κ3) is 4.22. The van der Waals surface area contributed by atoms with Crippen molar-refractivity contribution in [2.24, 2.45) is 0 Å². The number of carbonyl (C=O) groups is 2. The minimum absolute atomic E-state index is 0.0308. The van der Waals surface area contributed by atoms with Crippen molar-refractivity contribution in [3.05, 3.63) is 47.3 Å². The van der Waals surface area contributed by atoms with Crippen molar-refractivity contribution in [3.8, 4) is 5.75 Å². The van der Waals surface area contributed by atoms with Gasteiger partial charge in [-0.1, -0.05) is 23.4 Å². The number of ether oxygens (including phenoxy) is 1. The molecule has 0 unspecified atom stereocenters. The summed E-state index contributed by atoms with van der Waals surface area (Å²) in [5, 5.41) is 6.67. The maximum Gasteiger partial charge on any atom is 0.290 e. The molecule has 0 atom stereocenters. The number of amides is 2. The number of benzene rings is 1. The van der Waals surface area contributed by atoms with Gasteiger partial charge >= 0.3 is 0 Å². The van der Waals surface area contributed by atoms with Gasteiger partial charge in [-0.3, -0.25) is 9.59 Å². The van der Waals surface area contributed by atoms with Gasteiger partial charge in [0.2, 0.25) is 11.7 Å². The van der Waals surface area contributed by atoms with Crippen LogP contribution in [0.3, 0.4) is 0 Å². The Kier molecular flexibility index (Phi) is 5.55. The minimum Gasteiger partial charge on any atom is -0.496 e. The van der Waals surface area contributed by atoms with E-state index in [4.69, 9.17) is 9.26 Å². The number of nitrogens with zero attached hydrogens (tertiary/aromatic N) is 2. The molecular formula is C19H23N3O4. The number of carbonyl (C=O) groups excluding carboxylic acids is 2. The van der Waals surface area contributed by atoms with Crippen LogP contribution in [-0.4, -0.2) is 48.1 Å². The third-order valence-corrected chi connectivity index (χ3v) is 4.57. The molecule has 0 bridgehead atoms. The number of piperidine rings is 1. The number of hydrogen-bond donors (Lipinski definition) is 1. The number of nitrogens with one attached hydrogen (secondary N) is 1. The van der Waals surface area contributed by atoms with Crippen molar-refractivity contribution < 1.29 is 18.8 Å². The van der Waals surface area contributed by atoms with E-state index < -0.39 is 0 Å². The van der Waals surface area contributed by atoms with Gasteiger partial charge in [-0.25, -0.2) is 0 Å². The van der Waals surface area contributed by atoms with Gasteiger partial charge in [-0.2, -0.15) is 0 Å². The highest BCUT2D eigenvalue weighted by atomic mass is 16.5. The number of aryl methyl sites for hydroxylation is 1. The van der Waals surface area contributed by atoms with Crippen molar-refractivity contribution in [2.75, 3.05) is 20.2 Å². The third-order valence-electron chi connectivity index (χ3n) is 4.57. The molecule has 1 saturated heterocycles. The molecule has 26 heavy (non-hydrogen) atoms. The Balaban J connectivity index is 1.50. The lowest BCUT2D eigenvalue weighted by molar-refractivity contribution is -0.131. The van der Waals surface area contributed by atoms with Gasteiger partial charge in [0, 0.05) is 30.8 Å². The fourth-order valence-corrected chi connectivity index (χ4v) is 3.12. The van der Waals surface area contributed by atoms with Crippen LogP contribution in [0.25, 0.3) is 0 Å². The Morgan fingerprint density at radius 3 is 2.69 bits per heavy atom. The van der Waals surface area contributed by atoms with E-state index in [0.717, 1.165) is 24.2 Å². The van der Waals surface area contributed by atoms with Crippen LogP contribution in [0.15, 0.2) is 34.9 Å². The normalized spacial score (nSPS) is 14.9. The quantitative estimate of drug-likeness (QED) is 0.884. The zero-order valence-electron chi connectivity index (χ0n) is 15.0. The number of para-hydroxylation sites is 1. The molecule has 7 nitrogen and oxygen atoms in total. The maximum atomic E-state index is 12.5. The SMILES string of the molecule is COc1ccccc1CC(=O)N1CCC(NC(=O)c2cc(C)no2)CC1. The second-order valence-corrected chi connectivity index (χ2v) is 6.45. The first-order valence-electron chi connectivity index (χ1n) is 8.70. The van der Waals surface area contributed by atoms with Crippen LogP contribution < -0.4 is 10.1 Å². The highest BCUT2D eigenvalue weighted by Crippen LogP contribution is 2.20. The van der Waals surface area contributed by atoms with E-state index in [0.29, 0.717) is 25.2 Å². The summed E-state index contributed by atoms with van der Waals surface area (Å²) in [6, 6.07) is 9.19. The lowest BCUT2D eigenvalue weighted by Crippen LogP contribution is -2.46. The van der Waals surface area contributed by atoms with Crippen LogP contribution in [0.4, 0.5) is 0 Å². The van der Waals surface area contributed by atoms with Crippen molar-refractivity contribution in [2.45, 2.75) is 32.2 Å². The van der Waals surface area contributed by atoms with Crippen molar-refractivity contribution in [1.82, 2.24) is 15.4 Å². The number of aromatic nitrogens is 1. The molecule has 0 spiro atoms. The van der Waals surface area contributed by atoms with E-state index in [1.54, 1.807) is 20.1 Å². The molecule has 0 radical (unpaired) electrons. The summed E-state index contributed by atoms with van der Waals surface area (Å²) in [6.45, 7) is 3.01. The van der Waals surface area contributed by atoms with Crippen LogP contribution >= 0.6 is 0 Å². The summed E-state index contributed by atoms with van der Waals surface area (Å²) < 4.78 is 10.3. The molecule has 2 amide bonds. The number of likely N-dealkylation sites (tertiary alicyclic amines) is 1. The van der Waals surface area contributed by atoms with Crippen LogP contribution in [0.2, 0.25) is 0 Å². The highest BCUT2D eigenvalue weighted by Gasteiger charge is 2.25. The zero-order valence-corrected chi connectivity index (χ0v) is 15.0. The van der Waals surface area contributed by atoms with Crippen molar-refractivity contribution in [3.63, 3.8) is 0 Å². The van der Waals surface area contributed by atoms with Crippen molar-refractivity contribution >= 4 is 11.8 Å². The zero-order chi connectivity index (χ0) is 18.5. The smallest absolute Gasteiger partial charge is 0.290 e. The van der Waals surface area contributed by atoms with E-state index in [1.165, 1.54) is 0 Å². The number of rotatable bonds is 5. The van der Waals surface area contributed by atoms with Crippen LogP contribution in [-0.2, 0) is 11.2 Å². The lowest BCUT2D eigenvalue weighted by atomic mass is 10.0. The average molecular weight is 357 g/mol. The standard InChI is InChI=1S/C19H23N3O4/c1-13-11-17(26-21-13)19(24)20-15-7-9-22(10-8-15)18(23)12-14-5-3-4-6-16(14)25-2/h3-6,11,15H,7-10,12H2,1-2H3,(H,20,24).